The lowest BCUT2D eigenvalue weighted by atomic mass is 9.55. The summed E-state index contributed by atoms with van der Waals surface area (Å²) < 4.78 is 10.3. The van der Waals surface area contributed by atoms with Crippen molar-refractivity contribution in [3.8, 4) is 0 Å². The average Bonchev–Trinajstić information content (AvgIpc) is 2.45. The van der Waals surface area contributed by atoms with E-state index in [1.54, 1.807) is 0 Å². The molecule has 11 nitrogen and oxygen atoms in total. The molecule has 2 unspecified atom stereocenters. The number of guanidine groups is 1. The summed E-state index contributed by atoms with van der Waals surface area (Å²) >= 11 is 0. The zero-order valence-corrected chi connectivity index (χ0v) is 11.2. The maximum Gasteiger partial charge on any atom is 0.311 e. The average molecular weight is 319 g/mol. The van der Waals surface area contributed by atoms with E-state index >= 15 is 0 Å². The Labute approximate surface area is 123 Å². The number of rotatable bonds is 1. The van der Waals surface area contributed by atoms with Gasteiger partial charge in [-0.3, -0.25) is 0 Å². The van der Waals surface area contributed by atoms with E-state index in [-0.39, 0.29) is 5.96 Å². The predicted octanol–water partition coefficient (Wildman–Crippen LogP) is -5.52. The highest BCUT2D eigenvalue weighted by molar-refractivity contribution is 5.80. The molecule has 3 saturated heterocycles. The van der Waals surface area contributed by atoms with Gasteiger partial charge >= 0.3 is 5.97 Å². The highest BCUT2D eigenvalue weighted by Crippen LogP contribution is 2.58. The van der Waals surface area contributed by atoms with E-state index in [1.807, 2.05) is 0 Å². The Balaban J connectivity index is 1.95. The fourth-order valence-corrected chi connectivity index (χ4v) is 4.24. The molecular formula is C11H17N3O8. The predicted molar refractivity (Wildman–Crippen MR) is 65.7 cm³/mol. The number of nitrogens with zero attached hydrogens (tertiary/aromatic N) is 1. The van der Waals surface area contributed by atoms with Crippen molar-refractivity contribution in [3.05, 3.63) is 0 Å². The lowest BCUT2D eigenvalue weighted by Gasteiger charge is -2.71. The Hall–Kier alpha value is -1.05. The van der Waals surface area contributed by atoms with E-state index in [9.17, 15) is 30.6 Å². The fourth-order valence-electron chi connectivity index (χ4n) is 4.24. The van der Waals surface area contributed by atoms with Crippen LogP contribution in [0, 0.1) is 5.92 Å². The molecule has 0 aromatic heterocycles. The van der Waals surface area contributed by atoms with E-state index in [0.29, 0.717) is 0 Å². The van der Waals surface area contributed by atoms with Crippen LogP contribution in [0.5, 0.6) is 0 Å². The van der Waals surface area contributed by atoms with Crippen LogP contribution in [0.2, 0.25) is 0 Å². The first kappa shape index (κ1) is 14.5. The second-order valence-electron chi connectivity index (χ2n) is 6.22. The second-order valence-corrected chi connectivity index (χ2v) is 6.22. The molecule has 0 aromatic rings. The number of aliphatic imine (C=N–C) groups is 1. The summed E-state index contributed by atoms with van der Waals surface area (Å²) in [6, 6.07) is 0. The number of hydrogen-bond acceptors (Lipinski definition) is 11. The lowest BCUT2D eigenvalue weighted by Crippen LogP contribution is -2.95. The minimum absolute atomic E-state index is 0.250. The zero-order chi connectivity index (χ0) is 16.1. The summed E-state index contributed by atoms with van der Waals surface area (Å²) in [5.74, 6) is -3.95. The fraction of sp³-hybridized carbons (Fsp3) is 0.909. The molecule has 1 spiro atoms. The monoisotopic (exact) mass is 319 g/mol. The highest BCUT2D eigenvalue weighted by atomic mass is 16.9. The van der Waals surface area contributed by atoms with Crippen LogP contribution >= 0.6 is 0 Å². The largest absolute Gasteiger partial charge is 0.393 e. The van der Waals surface area contributed by atoms with E-state index < -0.39 is 60.3 Å². The molecule has 0 radical (unpaired) electrons. The van der Waals surface area contributed by atoms with Gasteiger partial charge in [-0.25, -0.2) is 4.99 Å². The van der Waals surface area contributed by atoms with Crippen molar-refractivity contribution in [2.45, 2.75) is 47.8 Å². The van der Waals surface area contributed by atoms with Gasteiger partial charge in [-0.1, -0.05) is 0 Å². The number of aliphatic hydroxyl groups excluding tert-OH is 4. The Morgan fingerprint density at radius 3 is 2.45 bits per heavy atom. The van der Waals surface area contributed by atoms with Crippen LogP contribution in [-0.2, 0) is 9.47 Å². The van der Waals surface area contributed by atoms with Gasteiger partial charge in [-0.2, -0.15) is 0 Å². The summed E-state index contributed by atoms with van der Waals surface area (Å²) in [6.07, 6.45) is -7.77. The van der Waals surface area contributed by atoms with E-state index in [1.165, 1.54) is 0 Å². The van der Waals surface area contributed by atoms with Crippen molar-refractivity contribution in [2.75, 3.05) is 6.61 Å². The van der Waals surface area contributed by atoms with Crippen LogP contribution in [0.3, 0.4) is 0 Å². The molecule has 4 heterocycles. The van der Waals surface area contributed by atoms with Crippen molar-refractivity contribution in [1.29, 1.82) is 0 Å². The van der Waals surface area contributed by atoms with Crippen molar-refractivity contribution in [1.82, 2.24) is 5.32 Å². The molecular weight excluding hydrogens is 302 g/mol. The molecule has 5 aliphatic rings. The van der Waals surface area contributed by atoms with E-state index in [2.05, 4.69) is 10.3 Å². The smallest absolute Gasteiger partial charge is 0.311 e. The van der Waals surface area contributed by atoms with E-state index in [4.69, 9.17) is 15.2 Å². The van der Waals surface area contributed by atoms with Gasteiger partial charge in [0.25, 0.3) is 0 Å². The maximum atomic E-state index is 10.6. The number of nitrogens with one attached hydrogen (secondary N) is 1. The first-order valence-electron chi connectivity index (χ1n) is 6.77. The van der Waals surface area contributed by atoms with Gasteiger partial charge in [0.1, 0.15) is 29.5 Å². The van der Waals surface area contributed by atoms with Gasteiger partial charge in [0.2, 0.25) is 0 Å². The minimum Gasteiger partial charge on any atom is -0.393 e. The SMILES string of the molecule is NC1=N[C@@H](O)[C@H]2[C@H]3OC4(O)OC([C@@H](O)[C@@]2(N1)[C@@H]4O)[C@]3(O)CO. The third-order valence-electron chi connectivity index (χ3n) is 5.22. The third kappa shape index (κ3) is 1.28. The van der Waals surface area contributed by atoms with Crippen LogP contribution in [0.15, 0.2) is 4.99 Å². The molecule has 1 saturated carbocycles. The Morgan fingerprint density at radius 1 is 1.18 bits per heavy atom. The molecule has 0 amide bonds. The highest BCUT2D eigenvalue weighted by Gasteiger charge is 2.82. The summed E-state index contributed by atoms with van der Waals surface area (Å²) in [5, 5.41) is 64.3. The normalized spacial score (nSPS) is 62.4. The Morgan fingerprint density at radius 2 is 1.82 bits per heavy atom. The van der Waals surface area contributed by atoms with Gasteiger partial charge in [0.15, 0.2) is 18.3 Å². The summed E-state index contributed by atoms with van der Waals surface area (Å²) in [4.78, 5) is 3.70. The standard InChI is InChI=1S/C11H17N3O8/c12-8-13-6(17)2-4-9(19,1-15)5-3(16)10(2,14-8)7(18)11(20,21-4)22-5/h2-7,15-20H,1H2,(H3,12,13,14)/t2-,3-,4-,5?,6+,7+,9+,10-,11?/m1/s1. The van der Waals surface area contributed by atoms with Crippen LogP contribution < -0.4 is 11.1 Å². The van der Waals surface area contributed by atoms with Crippen LogP contribution in [0.4, 0.5) is 0 Å². The zero-order valence-electron chi connectivity index (χ0n) is 11.2. The van der Waals surface area contributed by atoms with Gasteiger partial charge in [-0.15, -0.1) is 0 Å². The molecule has 22 heavy (non-hydrogen) atoms. The maximum absolute atomic E-state index is 10.6. The summed E-state index contributed by atoms with van der Waals surface area (Å²) in [5.41, 5.74) is 1.74. The number of hydrogen-bond donors (Lipinski definition) is 8. The number of aliphatic hydroxyl groups is 6. The molecule has 11 heteroatoms. The van der Waals surface area contributed by atoms with Crippen molar-refractivity contribution in [3.63, 3.8) is 0 Å². The van der Waals surface area contributed by atoms with E-state index in [0.717, 1.165) is 0 Å². The van der Waals surface area contributed by atoms with Crippen molar-refractivity contribution < 1.29 is 40.1 Å². The van der Waals surface area contributed by atoms with Gasteiger partial charge in [-0.05, 0) is 0 Å². The second kappa shape index (κ2) is 3.88. The van der Waals surface area contributed by atoms with Crippen molar-refractivity contribution >= 4 is 5.96 Å². The van der Waals surface area contributed by atoms with Crippen LogP contribution in [0.25, 0.3) is 0 Å². The first-order valence-corrected chi connectivity index (χ1v) is 6.77. The minimum atomic E-state index is -2.52. The third-order valence-corrected chi connectivity index (χ3v) is 5.22. The first-order chi connectivity index (χ1) is 10.2. The van der Waals surface area contributed by atoms with Gasteiger partial charge in [0.05, 0.1) is 12.5 Å². The molecule has 4 bridgehead atoms. The molecule has 0 aromatic carbocycles. The Kier molecular flexibility index (Phi) is 2.57. The quantitative estimate of drug-likeness (QED) is 0.231. The molecule has 4 aliphatic heterocycles. The number of nitrogens with two attached hydrogens (primary N) is 1. The number of ether oxygens (including phenoxy) is 2. The molecule has 1 aliphatic carbocycles. The topological polar surface area (TPSA) is 190 Å². The van der Waals surface area contributed by atoms with Gasteiger partial charge < -0.3 is 51.2 Å². The lowest BCUT2D eigenvalue weighted by molar-refractivity contribution is -0.548. The van der Waals surface area contributed by atoms with Crippen molar-refractivity contribution in [2.24, 2.45) is 16.6 Å². The Bertz CT molecular complexity index is 561. The van der Waals surface area contributed by atoms with Crippen LogP contribution in [-0.4, -0.2) is 91.0 Å². The summed E-state index contributed by atoms with van der Waals surface area (Å²) in [7, 11) is 0. The van der Waals surface area contributed by atoms with Gasteiger partial charge in [0, 0.05) is 0 Å². The molecule has 124 valence electrons. The molecule has 9 atom stereocenters. The van der Waals surface area contributed by atoms with Crippen LogP contribution in [0.1, 0.15) is 0 Å². The summed E-state index contributed by atoms with van der Waals surface area (Å²) in [6.45, 7) is -0.857. The molecule has 4 fully saturated rings. The molecule has 9 N–H and O–H groups in total. The molecule has 5 rings (SSSR count).